The summed E-state index contributed by atoms with van der Waals surface area (Å²) in [4.78, 5) is 16.1. The minimum Gasteiger partial charge on any atom is -0.307 e. The molecule has 0 radical (unpaired) electrons. The normalized spacial score (nSPS) is 16.4. The Balaban J connectivity index is 2.01. The average Bonchev–Trinajstić information content (AvgIpc) is 2.84. The van der Waals surface area contributed by atoms with Crippen LogP contribution in [0.4, 0.5) is 17.6 Å². The molecule has 1 saturated heterocycles. The van der Waals surface area contributed by atoms with Gasteiger partial charge in [-0.3, -0.25) is 4.79 Å². The van der Waals surface area contributed by atoms with E-state index in [-0.39, 0.29) is 17.2 Å². The molecule has 9 heteroatoms. The number of alkyl halides is 3. The molecule has 1 aliphatic heterocycles. The van der Waals surface area contributed by atoms with Gasteiger partial charge in [-0.1, -0.05) is 30.0 Å². The lowest BCUT2D eigenvalue weighted by molar-refractivity contribution is -0.137. The van der Waals surface area contributed by atoms with Crippen LogP contribution in [0.25, 0.3) is 17.3 Å². The van der Waals surface area contributed by atoms with Crippen molar-refractivity contribution >= 4 is 40.3 Å². The van der Waals surface area contributed by atoms with Crippen molar-refractivity contribution in [1.82, 2.24) is 10.3 Å². The minimum absolute atomic E-state index is 0.0314. The number of hydrogen-bond donors (Lipinski definition) is 1. The molecule has 25 heavy (non-hydrogen) atoms. The van der Waals surface area contributed by atoms with Crippen molar-refractivity contribution in [2.24, 2.45) is 0 Å². The fourth-order valence-electron chi connectivity index (χ4n) is 2.14. The van der Waals surface area contributed by atoms with Gasteiger partial charge < -0.3 is 5.32 Å². The highest BCUT2D eigenvalue weighted by Gasteiger charge is 2.31. The zero-order chi connectivity index (χ0) is 18.2. The third-order valence-corrected chi connectivity index (χ3v) is 4.42. The van der Waals surface area contributed by atoms with Crippen LogP contribution in [0.5, 0.6) is 0 Å². The van der Waals surface area contributed by atoms with Crippen LogP contribution >= 0.6 is 24.0 Å². The lowest BCUT2D eigenvalue weighted by atomic mass is 10.1. The molecule has 1 amide bonds. The maximum absolute atomic E-state index is 14.0. The highest BCUT2D eigenvalue weighted by molar-refractivity contribution is 8.26. The van der Waals surface area contributed by atoms with Gasteiger partial charge >= 0.3 is 6.18 Å². The Morgan fingerprint density at radius 2 is 1.96 bits per heavy atom. The van der Waals surface area contributed by atoms with Gasteiger partial charge in [0.2, 0.25) is 0 Å². The summed E-state index contributed by atoms with van der Waals surface area (Å²) in [5, 5.41) is 2.44. The summed E-state index contributed by atoms with van der Waals surface area (Å²) in [5.41, 5.74) is -0.903. The molecule has 0 saturated carbocycles. The summed E-state index contributed by atoms with van der Waals surface area (Å²) in [6, 6.07) is 6.60. The van der Waals surface area contributed by atoms with E-state index in [0.29, 0.717) is 27.1 Å². The van der Waals surface area contributed by atoms with Crippen LogP contribution in [0.2, 0.25) is 0 Å². The molecule has 1 N–H and O–H groups in total. The predicted molar refractivity (Wildman–Crippen MR) is 90.9 cm³/mol. The van der Waals surface area contributed by atoms with Crippen LogP contribution < -0.4 is 5.32 Å². The topological polar surface area (TPSA) is 42.0 Å². The molecule has 2 aromatic rings. The molecule has 1 aromatic carbocycles. The minimum atomic E-state index is -4.59. The van der Waals surface area contributed by atoms with Crippen LogP contribution in [0.15, 0.2) is 41.3 Å². The second kappa shape index (κ2) is 6.57. The zero-order valence-electron chi connectivity index (χ0n) is 12.2. The molecular formula is C16H8F4N2OS2. The SMILES string of the molecule is O=C1NC(=S)S/C1=C\c1cccc(-c2cc(C(F)(F)F)ccc2F)n1. The van der Waals surface area contributed by atoms with Gasteiger partial charge in [-0.2, -0.15) is 13.2 Å². The Kier molecular flexibility index (Phi) is 4.61. The van der Waals surface area contributed by atoms with Crippen LogP contribution in [0.3, 0.4) is 0 Å². The molecule has 0 unspecified atom stereocenters. The van der Waals surface area contributed by atoms with E-state index in [2.05, 4.69) is 10.3 Å². The largest absolute Gasteiger partial charge is 0.416 e. The average molecular weight is 384 g/mol. The van der Waals surface area contributed by atoms with Crippen LogP contribution in [-0.4, -0.2) is 15.2 Å². The molecule has 1 aliphatic rings. The molecule has 1 fully saturated rings. The molecule has 128 valence electrons. The first-order valence-corrected chi connectivity index (χ1v) is 8.05. The van der Waals surface area contributed by atoms with Gasteiger partial charge in [-0.25, -0.2) is 9.37 Å². The Labute approximate surface area is 149 Å². The number of nitrogens with zero attached hydrogens (tertiary/aromatic N) is 1. The second-order valence-electron chi connectivity index (χ2n) is 4.99. The molecule has 3 nitrogen and oxygen atoms in total. The van der Waals surface area contributed by atoms with Crippen molar-refractivity contribution in [3.63, 3.8) is 0 Å². The number of pyridine rings is 1. The molecule has 0 atom stereocenters. The number of thioether (sulfide) groups is 1. The molecular weight excluding hydrogens is 376 g/mol. The monoisotopic (exact) mass is 384 g/mol. The predicted octanol–water partition coefficient (Wildman–Crippen LogP) is 4.40. The smallest absolute Gasteiger partial charge is 0.307 e. The van der Waals surface area contributed by atoms with Crippen molar-refractivity contribution in [2.45, 2.75) is 6.18 Å². The van der Waals surface area contributed by atoms with Crippen molar-refractivity contribution in [3.8, 4) is 11.3 Å². The van der Waals surface area contributed by atoms with E-state index in [4.69, 9.17) is 12.2 Å². The van der Waals surface area contributed by atoms with E-state index in [1.165, 1.54) is 18.2 Å². The number of amides is 1. The summed E-state index contributed by atoms with van der Waals surface area (Å²) in [6.07, 6.45) is -3.15. The van der Waals surface area contributed by atoms with Crippen molar-refractivity contribution < 1.29 is 22.4 Å². The summed E-state index contributed by atoms with van der Waals surface area (Å²) >= 11 is 5.92. The van der Waals surface area contributed by atoms with E-state index >= 15 is 0 Å². The number of aromatic nitrogens is 1. The van der Waals surface area contributed by atoms with E-state index in [9.17, 15) is 22.4 Å². The van der Waals surface area contributed by atoms with Gasteiger partial charge in [0.1, 0.15) is 10.1 Å². The number of hydrogen-bond acceptors (Lipinski definition) is 4. The second-order valence-corrected chi connectivity index (χ2v) is 6.71. The van der Waals surface area contributed by atoms with Crippen LogP contribution in [0, 0.1) is 5.82 Å². The van der Waals surface area contributed by atoms with Crippen molar-refractivity contribution in [2.75, 3.05) is 0 Å². The van der Waals surface area contributed by atoms with Crippen molar-refractivity contribution in [1.29, 1.82) is 0 Å². The summed E-state index contributed by atoms with van der Waals surface area (Å²) in [7, 11) is 0. The highest BCUT2D eigenvalue weighted by Crippen LogP contribution is 2.33. The Morgan fingerprint density at radius 1 is 1.20 bits per heavy atom. The molecule has 2 heterocycles. The Bertz CT molecular complexity index is 909. The van der Waals surface area contributed by atoms with Gasteiger partial charge in [-0.05, 0) is 36.4 Å². The third-order valence-electron chi connectivity index (χ3n) is 3.26. The summed E-state index contributed by atoms with van der Waals surface area (Å²) in [5.74, 6) is -1.20. The van der Waals surface area contributed by atoms with Crippen LogP contribution in [-0.2, 0) is 11.0 Å². The van der Waals surface area contributed by atoms with E-state index < -0.39 is 17.6 Å². The molecule has 1 aromatic heterocycles. The number of halogens is 4. The number of benzene rings is 1. The zero-order valence-corrected chi connectivity index (χ0v) is 13.9. The van der Waals surface area contributed by atoms with Crippen LogP contribution in [0.1, 0.15) is 11.3 Å². The third kappa shape index (κ3) is 3.88. The first kappa shape index (κ1) is 17.6. The van der Waals surface area contributed by atoms with Gasteiger partial charge in [0.25, 0.3) is 5.91 Å². The fraction of sp³-hybridized carbons (Fsp3) is 0.0625. The number of carbonyl (C=O) groups is 1. The standard InChI is InChI=1S/C16H8F4N2OS2/c17-11-5-4-8(16(18,19)20)6-10(11)12-3-1-2-9(21-12)7-13-14(23)22-15(24)25-13/h1-7H,(H,22,23,24)/b13-7-. The number of thiocarbonyl (C=S) groups is 1. The Morgan fingerprint density at radius 3 is 2.60 bits per heavy atom. The number of carbonyl (C=O) groups excluding carboxylic acids is 1. The van der Waals surface area contributed by atoms with E-state index in [1.807, 2.05) is 0 Å². The summed E-state index contributed by atoms with van der Waals surface area (Å²) < 4.78 is 52.8. The maximum Gasteiger partial charge on any atom is 0.416 e. The molecule has 3 rings (SSSR count). The number of rotatable bonds is 2. The van der Waals surface area contributed by atoms with Gasteiger partial charge in [0.05, 0.1) is 21.9 Å². The molecule has 0 spiro atoms. The summed E-state index contributed by atoms with van der Waals surface area (Å²) in [6.45, 7) is 0. The van der Waals surface area contributed by atoms with Crippen molar-refractivity contribution in [3.05, 3.63) is 58.4 Å². The fourth-order valence-corrected chi connectivity index (χ4v) is 3.16. The first-order valence-electron chi connectivity index (χ1n) is 6.83. The molecule has 0 aliphatic carbocycles. The van der Waals surface area contributed by atoms with Gasteiger partial charge in [-0.15, -0.1) is 0 Å². The highest BCUT2D eigenvalue weighted by atomic mass is 32.2. The lowest BCUT2D eigenvalue weighted by Crippen LogP contribution is -2.17. The van der Waals surface area contributed by atoms with Gasteiger partial charge in [0, 0.05) is 5.56 Å². The maximum atomic E-state index is 14.0. The van der Waals surface area contributed by atoms with Gasteiger partial charge in [0.15, 0.2) is 0 Å². The molecule has 0 bridgehead atoms. The van der Waals surface area contributed by atoms with E-state index in [0.717, 1.165) is 17.8 Å². The Hall–Kier alpha value is -2.26. The first-order chi connectivity index (χ1) is 11.7. The lowest BCUT2D eigenvalue weighted by Gasteiger charge is -2.10. The van der Waals surface area contributed by atoms with E-state index in [1.54, 1.807) is 6.07 Å². The quantitative estimate of drug-likeness (QED) is 0.474. The number of nitrogens with one attached hydrogen (secondary N) is 1.